The smallest absolute Gasteiger partial charge is 0.0693 e. The van der Waals surface area contributed by atoms with Crippen molar-refractivity contribution < 1.29 is 4.52 Å². The fourth-order valence-corrected chi connectivity index (χ4v) is 3.92. The Morgan fingerprint density at radius 3 is 2.00 bits per heavy atom. The second kappa shape index (κ2) is 11.2. The van der Waals surface area contributed by atoms with Gasteiger partial charge in [0.2, 0.25) is 0 Å². The lowest BCUT2D eigenvalue weighted by molar-refractivity contribution is 0.422. The summed E-state index contributed by atoms with van der Waals surface area (Å²) in [7, 11) is 5.31. The Morgan fingerprint density at radius 1 is 0.923 bits per heavy atom. The maximum atomic E-state index is 5.38. The van der Waals surface area contributed by atoms with Crippen LogP contribution in [-0.4, -0.2) is 20.2 Å². The minimum atomic E-state index is 0.488. The van der Waals surface area contributed by atoms with Gasteiger partial charge in [-0.15, -0.1) is 0 Å². The van der Waals surface area contributed by atoms with Gasteiger partial charge in [0.15, 0.2) is 0 Å². The van der Waals surface area contributed by atoms with E-state index in [1.54, 1.807) is 0 Å². The first-order valence-electron chi connectivity index (χ1n) is 9.37. The lowest BCUT2D eigenvalue weighted by atomic mass is 9.92. The number of benzene rings is 1. The zero-order chi connectivity index (χ0) is 19.9. The number of nitrogens with zero attached hydrogens (tertiary/aromatic N) is 1. The van der Waals surface area contributed by atoms with E-state index < -0.39 is 0 Å². The van der Waals surface area contributed by atoms with E-state index in [1.807, 2.05) is 0 Å². The van der Waals surface area contributed by atoms with Gasteiger partial charge in [-0.25, -0.2) is 0 Å². The van der Waals surface area contributed by atoms with Gasteiger partial charge in [-0.2, -0.15) is 0 Å². The number of rotatable bonds is 9. The molecule has 0 bridgehead atoms. The molecule has 1 aromatic carbocycles. The molecule has 146 valence electrons. The molecule has 26 heavy (non-hydrogen) atoms. The summed E-state index contributed by atoms with van der Waals surface area (Å²) in [6.45, 7) is 17.4. The van der Waals surface area contributed by atoms with E-state index in [0.29, 0.717) is 8.50 Å². The van der Waals surface area contributed by atoms with Gasteiger partial charge in [0.25, 0.3) is 0 Å². The summed E-state index contributed by atoms with van der Waals surface area (Å²) >= 11 is 0. The van der Waals surface area contributed by atoms with Crippen LogP contribution in [0.5, 0.6) is 0 Å². The first-order valence-corrected chi connectivity index (χ1v) is 12.1. The molecule has 0 aromatic heterocycles. The molecule has 0 heterocycles. The first kappa shape index (κ1) is 23.4. The van der Waals surface area contributed by atoms with Crippen LogP contribution in [0.25, 0.3) is 0 Å². The molecule has 0 aliphatic rings. The van der Waals surface area contributed by atoms with Crippen LogP contribution >= 0.6 is 17.4 Å². The summed E-state index contributed by atoms with van der Waals surface area (Å²) in [5.41, 5.74) is 11.3. The zero-order valence-electron chi connectivity index (χ0n) is 17.9. The van der Waals surface area contributed by atoms with Crippen molar-refractivity contribution in [3.63, 3.8) is 0 Å². The fourth-order valence-electron chi connectivity index (χ4n) is 3.45. The third-order valence-corrected chi connectivity index (χ3v) is 6.29. The third-order valence-electron chi connectivity index (χ3n) is 5.46. The Balaban J connectivity index is 2.76. The average molecular weight is 393 g/mol. The summed E-state index contributed by atoms with van der Waals surface area (Å²) in [5, 5.41) is 0. The summed E-state index contributed by atoms with van der Waals surface area (Å²) in [5.74, 6) is 0. The Kier molecular flexibility index (Phi) is 10.1. The molecule has 2 unspecified atom stereocenters. The van der Waals surface area contributed by atoms with E-state index in [-0.39, 0.29) is 0 Å². The topological polar surface area (TPSA) is 12.5 Å². The van der Waals surface area contributed by atoms with Gasteiger partial charge in [0.05, 0.1) is 6.61 Å². The molecule has 2 nitrogen and oxygen atoms in total. The summed E-state index contributed by atoms with van der Waals surface area (Å²) < 4.78 is 5.38. The molecule has 0 N–H and O–H groups in total. The largest absolute Gasteiger partial charge is 0.370 e. The van der Waals surface area contributed by atoms with Gasteiger partial charge in [-0.3, -0.25) is 0 Å². The minimum Gasteiger partial charge on any atom is -0.370 e. The Hall–Kier alpha value is -0.680. The van der Waals surface area contributed by atoms with E-state index in [2.05, 4.69) is 81.5 Å². The van der Waals surface area contributed by atoms with E-state index in [4.69, 9.17) is 4.52 Å². The number of allylic oxidation sites excluding steroid dienone is 2. The van der Waals surface area contributed by atoms with Gasteiger partial charge < -0.3 is 9.42 Å². The normalized spacial score (nSPS) is 13.1. The number of likely N-dealkylation sites (N-methyl/N-ethyl adjacent to an activating group) is 1. The monoisotopic (exact) mass is 393 g/mol. The quantitative estimate of drug-likeness (QED) is 0.262. The van der Waals surface area contributed by atoms with Crippen LogP contribution in [0, 0.1) is 34.6 Å². The Morgan fingerprint density at radius 2 is 1.46 bits per heavy atom. The number of hydrogen-bond acceptors (Lipinski definition) is 2. The molecular formula is C22H37NOP2. The van der Waals surface area contributed by atoms with Crippen LogP contribution in [0.1, 0.15) is 54.5 Å². The van der Waals surface area contributed by atoms with Crippen molar-refractivity contribution >= 4 is 23.1 Å². The van der Waals surface area contributed by atoms with Crippen molar-refractivity contribution in [2.45, 2.75) is 61.3 Å². The second-order valence-corrected chi connectivity index (χ2v) is 8.63. The second-order valence-electron chi connectivity index (χ2n) is 7.40. The highest BCUT2D eigenvalue weighted by Gasteiger charge is 2.15. The van der Waals surface area contributed by atoms with Crippen molar-refractivity contribution in [1.29, 1.82) is 0 Å². The maximum absolute atomic E-state index is 5.38. The number of anilines is 1. The molecule has 4 heteroatoms. The van der Waals surface area contributed by atoms with Crippen molar-refractivity contribution in [1.82, 2.24) is 0 Å². The lowest BCUT2D eigenvalue weighted by Gasteiger charge is -2.27. The molecule has 0 aliphatic heterocycles. The molecule has 0 fully saturated rings. The molecule has 0 spiro atoms. The van der Waals surface area contributed by atoms with Crippen LogP contribution in [0.4, 0.5) is 5.69 Å². The molecule has 1 aromatic rings. The highest BCUT2D eigenvalue weighted by atomic mass is 32.0. The molecule has 0 saturated carbocycles. The molecule has 2 atom stereocenters. The van der Waals surface area contributed by atoms with E-state index in [1.165, 1.54) is 44.7 Å². The zero-order valence-corrected chi connectivity index (χ0v) is 20.1. The predicted molar refractivity (Wildman–Crippen MR) is 124 cm³/mol. The minimum absolute atomic E-state index is 0.488. The van der Waals surface area contributed by atoms with Gasteiger partial charge in [0.1, 0.15) is 0 Å². The van der Waals surface area contributed by atoms with E-state index in [0.717, 1.165) is 26.0 Å². The van der Waals surface area contributed by atoms with Crippen LogP contribution in [0.2, 0.25) is 0 Å². The van der Waals surface area contributed by atoms with Gasteiger partial charge in [0, 0.05) is 27.8 Å². The molecule has 0 saturated heterocycles. The summed E-state index contributed by atoms with van der Waals surface area (Å²) in [6, 6.07) is 0. The SMILES string of the molecule is C/C(=C\COPP)CC/C=C(\C)CN(C)c1c(C)c(C)c(C)c(C)c1C. The van der Waals surface area contributed by atoms with Crippen LogP contribution < -0.4 is 4.90 Å². The predicted octanol–water partition coefficient (Wildman–Crippen LogP) is 6.74. The highest BCUT2D eigenvalue weighted by molar-refractivity contribution is 8.00. The molecule has 0 radical (unpaired) electrons. The molecular weight excluding hydrogens is 356 g/mol. The van der Waals surface area contributed by atoms with Gasteiger partial charge in [-0.1, -0.05) is 32.2 Å². The first-order chi connectivity index (χ1) is 12.2. The summed E-state index contributed by atoms with van der Waals surface area (Å²) in [6.07, 6.45) is 6.77. The van der Waals surface area contributed by atoms with E-state index >= 15 is 0 Å². The van der Waals surface area contributed by atoms with Crippen LogP contribution in [0.3, 0.4) is 0 Å². The highest BCUT2D eigenvalue weighted by Crippen LogP contribution is 2.32. The Bertz CT molecular complexity index is 648. The van der Waals surface area contributed by atoms with Crippen molar-refractivity contribution in [2.75, 3.05) is 25.1 Å². The molecule has 0 aliphatic carbocycles. The van der Waals surface area contributed by atoms with Gasteiger partial charge >= 0.3 is 0 Å². The van der Waals surface area contributed by atoms with Crippen molar-refractivity contribution in [2.24, 2.45) is 0 Å². The lowest BCUT2D eigenvalue weighted by Crippen LogP contribution is -2.22. The van der Waals surface area contributed by atoms with Crippen molar-refractivity contribution in [3.8, 4) is 0 Å². The van der Waals surface area contributed by atoms with Gasteiger partial charge in [-0.05, 0) is 89.1 Å². The maximum Gasteiger partial charge on any atom is 0.0693 e. The molecule has 1 rings (SSSR count). The summed E-state index contributed by atoms with van der Waals surface area (Å²) in [4.78, 5) is 2.41. The fraction of sp³-hybridized carbons (Fsp3) is 0.545. The Labute approximate surface area is 165 Å². The average Bonchev–Trinajstić information content (AvgIpc) is 2.58. The molecule has 0 amide bonds. The third kappa shape index (κ3) is 6.49. The van der Waals surface area contributed by atoms with Crippen LogP contribution in [-0.2, 0) is 4.52 Å². The number of hydrogen-bond donors (Lipinski definition) is 0. The standard InChI is InChI=1S/C22H37NOP2/c1-15(12-13-24-26-25)10-9-11-16(2)14-23(8)22-20(6)18(4)17(3)19(5)21(22)7/h11-12,26H,9-10,13-14,25H2,1-8H3/b15-12+,16-11+. The van der Waals surface area contributed by atoms with Crippen molar-refractivity contribution in [3.05, 3.63) is 51.1 Å². The van der Waals surface area contributed by atoms with E-state index in [9.17, 15) is 0 Å². The van der Waals surface area contributed by atoms with Crippen LogP contribution in [0.15, 0.2) is 23.3 Å².